The monoisotopic (exact) mass is 250 g/mol. The van der Waals surface area contributed by atoms with Crippen molar-refractivity contribution < 1.29 is 4.79 Å². The second kappa shape index (κ2) is 4.19. The lowest BCUT2D eigenvalue weighted by molar-refractivity contribution is 0.0958. The average Bonchev–Trinajstić information content (AvgIpc) is 3.20. The highest BCUT2D eigenvalue weighted by Gasteiger charge is 2.54. The van der Waals surface area contributed by atoms with Gasteiger partial charge in [-0.15, -0.1) is 0 Å². The van der Waals surface area contributed by atoms with Crippen LogP contribution in [0.15, 0.2) is 42.5 Å². The van der Waals surface area contributed by atoms with Gasteiger partial charge in [0.1, 0.15) is 0 Å². The Kier molecular flexibility index (Phi) is 2.48. The minimum atomic E-state index is 0.327. The largest absolute Gasteiger partial charge is 0.294 e. The summed E-state index contributed by atoms with van der Waals surface area (Å²) < 4.78 is 0. The molecule has 1 nitrogen and oxygen atoms in total. The van der Waals surface area contributed by atoms with Gasteiger partial charge < -0.3 is 0 Å². The molecular formula is C18H18O. The van der Waals surface area contributed by atoms with Crippen LogP contribution in [0.1, 0.15) is 36.0 Å². The number of carbonyl (C=O) groups excluding carboxylic acids is 1. The van der Waals surface area contributed by atoms with E-state index in [1.54, 1.807) is 0 Å². The molecule has 0 aromatic heterocycles. The quantitative estimate of drug-likeness (QED) is 0.719. The van der Waals surface area contributed by atoms with Crippen molar-refractivity contribution in [2.45, 2.75) is 25.7 Å². The van der Waals surface area contributed by atoms with Crippen LogP contribution < -0.4 is 0 Å². The lowest BCUT2D eigenvalue weighted by atomic mass is 9.98. The summed E-state index contributed by atoms with van der Waals surface area (Å²) in [5.41, 5.74) is 0.942. The molecular weight excluding hydrogens is 232 g/mol. The summed E-state index contributed by atoms with van der Waals surface area (Å²) in [7, 11) is 0. The summed E-state index contributed by atoms with van der Waals surface area (Å²) in [5.74, 6) is 2.11. The van der Waals surface area contributed by atoms with E-state index in [0.717, 1.165) is 10.9 Å². The first-order valence-corrected chi connectivity index (χ1v) is 7.38. The molecule has 96 valence electrons. The highest BCUT2D eigenvalue weighted by atomic mass is 16.1. The van der Waals surface area contributed by atoms with Crippen LogP contribution >= 0.6 is 0 Å². The summed E-state index contributed by atoms with van der Waals surface area (Å²) in [4.78, 5) is 12.8. The van der Waals surface area contributed by atoms with Crippen molar-refractivity contribution in [3.05, 3.63) is 48.0 Å². The molecule has 0 heterocycles. The van der Waals surface area contributed by atoms with Gasteiger partial charge in [0, 0.05) is 11.5 Å². The summed E-state index contributed by atoms with van der Waals surface area (Å²) >= 11 is 0. The predicted molar refractivity (Wildman–Crippen MR) is 77.2 cm³/mol. The second-order valence-electron chi connectivity index (χ2n) is 6.03. The number of rotatable bonds is 2. The number of benzene rings is 2. The van der Waals surface area contributed by atoms with Crippen LogP contribution in [0.4, 0.5) is 0 Å². The fourth-order valence-electron chi connectivity index (χ4n) is 4.00. The first kappa shape index (κ1) is 11.2. The molecule has 2 fully saturated rings. The summed E-state index contributed by atoms with van der Waals surface area (Å²) in [6.45, 7) is 0. The summed E-state index contributed by atoms with van der Waals surface area (Å²) in [5, 5.41) is 2.30. The maximum atomic E-state index is 12.8. The van der Waals surface area contributed by atoms with E-state index in [4.69, 9.17) is 0 Å². The number of ketones is 1. The molecule has 0 aliphatic heterocycles. The van der Waals surface area contributed by atoms with E-state index in [9.17, 15) is 4.79 Å². The summed E-state index contributed by atoms with van der Waals surface area (Å²) in [6.07, 6.45) is 5.18. The first-order chi connectivity index (χ1) is 9.36. The fraction of sp³-hybridized carbons (Fsp3) is 0.389. The van der Waals surface area contributed by atoms with Crippen LogP contribution in [-0.4, -0.2) is 5.78 Å². The lowest BCUT2D eigenvalue weighted by Crippen LogP contribution is -2.05. The molecule has 0 bridgehead atoms. The first-order valence-electron chi connectivity index (χ1n) is 7.38. The highest BCUT2D eigenvalue weighted by Crippen LogP contribution is 2.56. The van der Waals surface area contributed by atoms with Crippen LogP contribution in [-0.2, 0) is 0 Å². The van der Waals surface area contributed by atoms with Gasteiger partial charge in [0.25, 0.3) is 0 Å². The topological polar surface area (TPSA) is 17.1 Å². The molecule has 1 heteroatoms. The minimum absolute atomic E-state index is 0.327. The second-order valence-corrected chi connectivity index (χ2v) is 6.03. The third-order valence-electron chi connectivity index (χ3n) is 5.01. The van der Waals surface area contributed by atoms with Crippen molar-refractivity contribution in [2.24, 2.45) is 17.8 Å². The van der Waals surface area contributed by atoms with E-state index in [-0.39, 0.29) is 0 Å². The SMILES string of the molecule is O=C(c1cccc2ccccc12)C1C2CCCCC21. The van der Waals surface area contributed by atoms with Gasteiger partial charge in [-0.25, -0.2) is 0 Å². The molecule has 0 spiro atoms. The molecule has 2 aromatic carbocycles. The smallest absolute Gasteiger partial charge is 0.167 e. The van der Waals surface area contributed by atoms with Gasteiger partial charge in [-0.05, 0) is 35.4 Å². The molecule has 0 radical (unpaired) electrons. The average molecular weight is 250 g/mol. The standard InChI is InChI=1S/C18H18O/c19-18(17-14-9-3-4-10-15(14)17)16-11-5-7-12-6-1-2-8-13(12)16/h1-2,5-8,11,14-15,17H,3-4,9-10H2. The third kappa shape index (κ3) is 1.72. The van der Waals surface area contributed by atoms with E-state index >= 15 is 0 Å². The van der Waals surface area contributed by atoms with E-state index < -0.39 is 0 Å². The van der Waals surface area contributed by atoms with Crippen LogP contribution in [0.5, 0.6) is 0 Å². The minimum Gasteiger partial charge on any atom is -0.294 e. The molecule has 2 aliphatic carbocycles. The van der Waals surface area contributed by atoms with E-state index in [2.05, 4.69) is 18.2 Å². The molecule has 2 aliphatic rings. The third-order valence-corrected chi connectivity index (χ3v) is 5.01. The number of hydrogen-bond acceptors (Lipinski definition) is 1. The number of Topliss-reactive ketones (excluding diaryl/α,β-unsaturated/α-hetero) is 1. The molecule has 2 atom stereocenters. The zero-order valence-corrected chi connectivity index (χ0v) is 11.0. The Bertz CT molecular complexity index is 626. The molecule has 0 N–H and O–H groups in total. The Morgan fingerprint density at radius 1 is 0.895 bits per heavy atom. The van der Waals surface area contributed by atoms with Gasteiger partial charge in [-0.1, -0.05) is 55.3 Å². The Morgan fingerprint density at radius 2 is 1.58 bits per heavy atom. The molecule has 2 saturated carbocycles. The number of fused-ring (bicyclic) bond motifs is 2. The van der Waals surface area contributed by atoms with Crippen LogP contribution in [0.2, 0.25) is 0 Å². The Labute approximate surface area is 113 Å². The van der Waals surface area contributed by atoms with Crippen molar-refractivity contribution in [3.63, 3.8) is 0 Å². The van der Waals surface area contributed by atoms with E-state index in [1.165, 1.54) is 31.1 Å². The maximum Gasteiger partial charge on any atom is 0.167 e. The van der Waals surface area contributed by atoms with Crippen molar-refractivity contribution in [2.75, 3.05) is 0 Å². The predicted octanol–water partition coefficient (Wildman–Crippen LogP) is 4.46. The van der Waals surface area contributed by atoms with E-state index in [0.29, 0.717) is 23.5 Å². The van der Waals surface area contributed by atoms with Gasteiger partial charge >= 0.3 is 0 Å². The number of hydrogen-bond donors (Lipinski definition) is 0. The normalized spacial score (nSPS) is 28.9. The molecule has 0 saturated heterocycles. The van der Waals surface area contributed by atoms with Gasteiger partial charge in [0.15, 0.2) is 5.78 Å². The Hall–Kier alpha value is -1.63. The number of carbonyl (C=O) groups is 1. The Balaban J connectivity index is 1.73. The van der Waals surface area contributed by atoms with E-state index in [1.807, 2.05) is 24.3 Å². The molecule has 0 amide bonds. The molecule has 2 aromatic rings. The van der Waals surface area contributed by atoms with Crippen molar-refractivity contribution in [1.29, 1.82) is 0 Å². The zero-order valence-electron chi connectivity index (χ0n) is 11.0. The van der Waals surface area contributed by atoms with Crippen molar-refractivity contribution in [1.82, 2.24) is 0 Å². The fourth-order valence-corrected chi connectivity index (χ4v) is 4.00. The molecule has 19 heavy (non-hydrogen) atoms. The molecule has 4 rings (SSSR count). The lowest BCUT2D eigenvalue weighted by Gasteiger charge is -2.05. The maximum absolute atomic E-state index is 12.8. The van der Waals surface area contributed by atoms with Crippen LogP contribution in [0.3, 0.4) is 0 Å². The van der Waals surface area contributed by atoms with Crippen LogP contribution in [0, 0.1) is 17.8 Å². The van der Waals surface area contributed by atoms with Gasteiger partial charge in [0.05, 0.1) is 0 Å². The van der Waals surface area contributed by atoms with Crippen molar-refractivity contribution >= 4 is 16.6 Å². The Morgan fingerprint density at radius 3 is 2.37 bits per heavy atom. The molecule has 2 unspecified atom stereocenters. The van der Waals surface area contributed by atoms with Crippen LogP contribution in [0.25, 0.3) is 10.8 Å². The van der Waals surface area contributed by atoms with Gasteiger partial charge in [-0.2, -0.15) is 0 Å². The van der Waals surface area contributed by atoms with Gasteiger partial charge in [0.2, 0.25) is 0 Å². The summed E-state index contributed by atoms with van der Waals surface area (Å²) in [6, 6.07) is 14.3. The zero-order chi connectivity index (χ0) is 12.8. The highest BCUT2D eigenvalue weighted by molar-refractivity contribution is 6.10. The van der Waals surface area contributed by atoms with Gasteiger partial charge in [-0.3, -0.25) is 4.79 Å². The van der Waals surface area contributed by atoms with Crippen molar-refractivity contribution in [3.8, 4) is 0 Å².